The highest BCUT2D eigenvalue weighted by atomic mass is 16.2. The average Bonchev–Trinajstić information content (AvgIpc) is 3.23. The highest BCUT2D eigenvalue weighted by Crippen LogP contribution is 2.40. The number of pyridine rings is 1. The summed E-state index contributed by atoms with van der Waals surface area (Å²) in [6, 6.07) is 19.2. The van der Waals surface area contributed by atoms with Crippen molar-refractivity contribution in [2.45, 2.75) is 57.8 Å². The normalized spacial score (nSPS) is 22.6. The van der Waals surface area contributed by atoms with Gasteiger partial charge >= 0.3 is 0 Å². The molecule has 3 fully saturated rings. The number of hydrogen-bond acceptors (Lipinski definition) is 4. The highest BCUT2D eigenvalue weighted by Gasteiger charge is 2.46. The Morgan fingerprint density at radius 2 is 1.84 bits per heavy atom. The molecule has 2 aliphatic carbocycles. The monoisotopic (exact) mass is 570 g/mol. The number of fused-ring (bicyclic) bond motifs is 5. The summed E-state index contributed by atoms with van der Waals surface area (Å²) < 4.78 is 4.31. The molecule has 8 nitrogen and oxygen atoms in total. The van der Waals surface area contributed by atoms with Crippen LogP contribution >= 0.6 is 0 Å². The summed E-state index contributed by atoms with van der Waals surface area (Å²) in [6.07, 6.45) is 6.51. The minimum absolute atomic E-state index is 0.000686. The number of hydrogen-bond donors (Lipinski definition) is 2. The number of nitrogens with zero attached hydrogens (tertiary/aromatic N) is 4. The van der Waals surface area contributed by atoms with Crippen molar-refractivity contribution < 1.29 is 9.59 Å². The van der Waals surface area contributed by atoms with Gasteiger partial charge in [0, 0.05) is 59.9 Å². The topological polar surface area (TPSA) is 97.7 Å². The van der Waals surface area contributed by atoms with Crippen LogP contribution in [0.1, 0.15) is 57.5 Å². The Morgan fingerprint density at radius 3 is 2.63 bits per heavy atom. The van der Waals surface area contributed by atoms with Crippen molar-refractivity contribution in [1.29, 1.82) is 0 Å². The summed E-state index contributed by atoms with van der Waals surface area (Å²) in [5.74, 6) is 1.15. The largest absolute Gasteiger partial charge is 0.348 e. The van der Waals surface area contributed by atoms with Crippen molar-refractivity contribution in [3.8, 4) is 22.5 Å². The molecule has 8 heteroatoms. The maximum Gasteiger partial charge on any atom is 0.255 e. The number of piperidine rings is 1. The van der Waals surface area contributed by atoms with Crippen LogP contribution in [0.3, 0.4) is 0 Å². The van der Waals surface area contributed by atoms with E-state index in [0.29, 0.717) is 23.9 Å². The third kappa shape index (κ3) is 3.82. The minimum atomic E-state index is 0.000686. The van der Waals surface area contributed by atoms with Gasteiger partial charge in [0.1, 0.15) is 5.69 Å². The number of amides is 2. The second kappa shape index (κ2) is 9.04. The van der Waals surface area contributed by atoms with E-state index in [9.17, 15) is 9.59 Å². The third-order valence-corrected chi connectivity index (χ3v) is 10.4. The maximum atomic E-state index is 13.5. The first-order valence-electron chi connectivity index (χ1n) is 15.5. The Labute approximate surface area is 249 Å². The van der Waals surface area contributed by atoms with Gasteiger partial charge in [-0.05, 0) is 91.5 Å². The number of rotatable bonds is 5. The Kier molecular flexibility index (Phi) is 5.27. The highest BCUT2D eigenvalue weighted by molar-refractivity contribution is 6.00. The maximum absolute atomic E-state index is 13.5. The summed E-state index contributed by atoms with van der Waals surface area (Å²) >= 11 is 0. The standard InChI is InChI=1S/C35H34N6O2/c1-19-28-10-9-26(35(43)40-17-25-8-11-29(40)32(25)36)18-41(28)38-33(19)31-14-23-6-4-22(13-30(23)39(31)16-20-2-3-20)21-5-7-24-15-37-34(42)27(24)12-21/h4-7,9-10,12-14,18,20,25,29,32H,2-3,8,11,15-17,36H2,1H3,(H,37,42)/t25?,29?,32-/m1/s1. The predicted molar refractivity (Wildman–Crippen MR) is 166 cm³/mol. The number of nitrogens with one attached hydrogen (secondary N) is 1. The molecule has 0 spiro atoms. The lowest BCUT2D eigenvalue weighted by Crippen LogP contribution is -2.41. The Hall–Kier alpha value is -4.43. The van der Waals surface area contributed by atoms with Crippen molar-refractivity contribution in [2.75, 3.05) is 6.54 Å². The first-order valence-corrected chi connectivity index (χ1v) is 15.5. The number of likely N-dealkylation sites (tertiary alicyclic amines) is 1. The van der Waals surface area contributed by atoms with Crippen LogP contribution in [-0.4, -0.2) is 49.5 Å². The van der Waals surface area contributed by atoms with Crippen LogP contribution in [0.4, 0.5) is 0 Å². The summed E-state index contributed by atoms with van der Waals surface area (Å²) in [4.78, 5) is 27.8. The molecule has 1 saturated heterocycles. The molecular weight excluding hydrogens is 536 g/mol. The molecule has 216 valence electrons. The van der Waals surface area contributed by atoms with Crippen LogP contribution in [0.5, 0.6) is 0 Å². The summed E-state index contributed by atoms with van der Waals surface area (Å²) in [7, 11) is 0. The van der Waals surface area contributed by atoms with Crippen molar-refractivity contribution in [3.05, 3.63) is 83.0 Å². The van der Waals surface area contributed by atoms with Gasteiger partial charge < -0.3 is 20.5 Å². The van der Waals surface area contributed by atoms with Crippen molar-refractivity contribution >= 4 is 28.2 Å². The molecule has 2 aromatic carbocycles. The van der Waals surface area contributed by atoms with E-state index in [4.69, 9.17) is 10.8 Å². The summed E-state index contributed by atoms with van der Waals surface area (Å²) in [5.41, 5.74) is 16.4. The fourth-order valence-electron chi connectivity index (χ4n) is 7.77. The van der Waals surface area contributed by atoms with E-state index in [1.807, 2.05) is 33.8 Å². The van der Waals surface area contributed by atoms with Crippen molar-refractivity contribution in [3.63, 3.8) is 0 Å². The summed E-state index contributed by atoms with van der Waals surface area (Å²) in [5, 5.41) is 9.18. The number of carbonyl (C=O) groups excluding carboxylic acids is 2. The van der Waals surface area contributed by atoms with Gasteiger partial charge in [0.15, 0.2) is 0 Å². The molecule has 4 aliphatic rings. The second-order valence-corrected chi connectivity index (χ2v) is 13.1. The van der Waals surface area contributed by atoms with Crippen LogP contribution in [0.25, 0.3) is 38.9 Å². The van der Waals surface area contributed by atoms with E-state index in [0.717, 1.165) is 70.7 Å². The van der Waals surface area contributed by atoms with E-state index in [1.165, 1.54) is 23.7 Å². The predicted octanol–water partition coefficient (Wildman–Crippen LogP) is 5.15. The summed E-state index contributed by atoms with van der Waals surface area (Å²) in [6.45, 7) is 4.43. The van der Waals surface area contributed by atoms with E-state index in [-0.39, 0.29) is 23.9 Å². The molecule has 3 N–H and O–H groups in total. The SMILES string of the molecule is Cc1c(-c2cc3ccc(-c4ccc5c(c4)C(=O)NC5)cc3n2CC2CC2)nn2cc(C(=O)N3CC4CCC3[C@@H]4N)ccc12. The fraction of sp³-hybridized carbons (Fsp3) is 0.343. The molecular formula is C35H34N6O2. The van der Waals surface area contributed by atoms with Gasteiger partial charge in [-0.3, -0.25) is 9.59 Å². The number of benzene rings is 2. The van der Waals surface area contributed by atoms with E-state index >= 15 is 0 Å². The number of aromatic nitrogens is 3. The minimum Gasteiger partial charge on any atom is -0.348 e. The molecule has 2 aliphatic heterocycles. The van der Waals surface area contributed by atoms with Gasteiger partial charge in [-0.25, -0.2) is 4.52 Å². The molecule has 2 bridgehead atoms. The Morgan fingerprint density at radius 1 is 1.00 bits per heavy atom. The molecule has 5 heterocycles. The van der Waals surface area contributed by atoms with Gasteiger partial charge in [-0.15, -0.1) is 0 Å². The molecule has 2 unspecified atom stereocenters. The fourth-order valence-corrected chi connectivity index (χ4v) is 7.77. The van der Waals surface area contributed by atoms with Gasteiger partial charge in [-0.2, -0.15) is 5.10 Å². The van der Waals surface area contributed by atoms with E-state index in [2.05, 4.69) is 53.2 Å². The molecule has 2 amide bonds. The molecule has 3 aromatic heterocycles. The van der Waals surface area contributed by atoms with Crippen LogP contribution in [-0.2, 0) is 13.1 Å². The van der Waals surface area contributed by atoms with Crippen LogP contribution in [0.2, 0.25) is 0 Å². The Balaban J connectivity index is 1.12. The number of carbonyl (C=O) groups is 2. The lowest BCUT2D eigenvalue weighted by molar-refractivity contribution is 0.0700. The molecule has 5 aromatic rings. The quantitative estimate of drug-likeness (QED) is 0.306. The number of nitrogens with two attached hydrogens (primary N) is 1. The first kappa shape index (κ1) is 25.1. The van der Waals surface area contributed by atoms with Gasteiger partial charge in [0.25, 0.3) is 11.8 Å². The molecule has 0 radical (unpaired) electrons. The second-order valence-electron chi connectivity index (χ2n) is 13.1. The zero-order valence-electron chi connectivity index (χ0n) is 24.2. The van der Waals surface area contributed by atoms with Crippen LogP contribution < -0.4 is 11.1 Å². The molecule has 2 saturated carbocycles. The van der Waals surface area contributed by atoms with Gasteiger partial charge in [0.05, 0.1) is 16.8 Å². The zero-order chi connectivity index (χ0) is 29.0. The van der Waals surface area contributed by atoms with Gasteiger partial charge in [0.2, 0.25) is 0 Å². The van der Waals surface area contributed by atoms with Crippen molar-refractivity contribution in [2.24, 2.45) is 17.6 Å². The van der Waals surface area contributed by atoms with Crippen molar-refractivity contribution in [1.82, 2.24) is 24.4 Å². The van der Waals surface area contributed by atoms with E-state index < -0.39 is 0 Å². The zero-order valence-corrected chi connectivity index (χ0v) is 24.2. The van der Waals surface area contributed by atoms with Crippen LogP contribution in [0, 0.1) is 18.8 Å². The molecule has 9 rings (SSSR count). The first-order chi connectivity index (χ1) is 20.9. The number of aryl methyl sites for hydroxylation is 1. The molecule has 43 heavy (non-hydrogen) atoms. The third-order valence-electron chi connectivity index (χ3n) is 10.4. The average molecular weight is 571 g/mol. The lowest BCUT2D eigenvalue weighted by Gasteiger charge is -2.27. The lowest BCUT2D eigenvalue weighted by atomic mass is 9.99. The van der Waals surface area contributed by atoms with Crippen LogP contribution in [0.15, 0.2) is 60.8 Å². The van der Waals surface area contributed by atoms with E-state index in [1.54, 1.807) is 0 Å². The Bertz CT molecular complexity index is 2000. The smallest absolute Gasteiger partial charge is 0.255 e. The molecule has 3 atom stereocenters. The van der Waals surface area contributed by atoms with Gasteiger partial charge in [-0.1, -0.05) is 24.3 Å².